The summed E-state index contributed by atoms with van der Waals surface area (Å²) in [6.45, 7) is 16.9. The Kier molecular flexibility index (Phi) is 7.81. The molecule has 0 bridgehead atoms. The molecule has 0 saturated heterocycles. The third kappa shape index (κ3) is 6.52. The Morgan fingerprint density at radius 3 is 1.86 bits per heavy atom. The van der Waals surface area contributed by atoms with Crippen LogP contribution in [0.4, 0.5) is 5.69 Å². The molecule has 2 nitrogen and oxygen atoms in total. The molecule has 0 aromatic heterocycles. The zero-order valence-corrected chi connectivity index (χ0v) is 14.8. The Balaban J connectivity index is 2.76. The molecule has 120 valence electrons. The molecule has 0 heterocycles. The van der Waals surface area contributed by atoms with E-state index < -0.39 is 0 Å². The van der Waals surface area contributed by atoms with Gasteiger partial charge in [-0.2, -0.15) is 0 Å². The van der Waals surface area contributed by atoms with Crippen molar-refractivity contribution in [1.82, 2.24) is 5.32 Å². The molecule has 0 aliphatic heterocycles. The van der Waals surface area contributed by atoms with E-state index in [1.165, 1.54) is 17.7 Å². The van der Waals surface area contributed by atoms with E-state index in [0.717, 1.165) is 19.6 Å². The first-order chi connectivity index (χ1) is 9.93. The van der Waals surface area contributed by atoms with E-state index in [4.69, 9.17) is 0 Å². The predicted octanol–water partition coefficient (Wildman–Crippen LogP) is 4.87. The van der Waals surface area contributed by atoms with Crippen molar-refractivity contribution in [2.75, 3.05) is 24.5 Å². The molecule has 1 atom stereocenters. The molecule has 0 fully saturated rings. The molecule has 0 radical (unpaired) electrons. The number of anilines is 1. The van der Waals surface area contributed by atoms with Crippen molar-refractivity contribution in [3.05, 3.63) is 29.8 Å². The summed E-state index contributed by atoms with van der Waals surface area (Å²) in [6, 6.07) is 9.55. The first kappa shape index (κ1) is 18.0. The summed E-state index contributed by atoms with van der Waals surface area (Å²) < 4.78 is 0. The Bertz CT molecular complexity index is 371. The zero-order valence-electron chi connectivity index (χ0n) is 14.8. The van der Waals surface area contributed by atoms with Crippen LogP contribution in [-0.2, 0) is 0 Å². The van der Waals surface area contributed by atoms with Crippen LogP contribution in [-0.4, -0.2) is 19.6 Å². The van der Waals surface area contributed by atoms with Gasteiger partial charge >= 0.3 is 0 Å². The maximum Gasteiger partial charge on any atom is 0.0366 e. The van der Waals surface area contributed by atoms with Gasteiger partial charge in [0.2, 0.25) is 0 Å². The van der Waals surface area contributed by atoms with Gasteiger partial charge in [0.05, 0.1) is 0 Å². The number of nitrogens with one attached hydrogen (secondary N) is 1. The summed E-state index contributed by atoms with van der Waals surface area (Å²) in [4.78, 5) is 2.52. The van der Waals surface area contributed by atoms with E-state index in [2.05, 4.69) is 76.0 Å². The van der Waals surface area contributed by atoms with Gasteiger partial charge in [-0.15, -0.1) is 0 Å². The lowest BCUT2D eigenvalue weighted by Crippen LogP contribution is -2.31. The van der Waals surface area contributed by atoms with Crippen LogP contribution in [0.15, 0.2) is 24.3 Å². The maximum atomic E-state index is 3.55. The van der Waals surface area contributed by atoms with Gasteiger partial charge in [-0.05, 0) is 49.4 Å². The minimum Gasteiger partial charge on any atom is -0.371 e. The van der Waals surface area contributed by atoms with E-state index in [1.807, 2.05) is 0 Å². The fraction of sp³-hybridized carbons (Fsp3) is 0.684. The van der Waals surface area contributed by atoms with Crippen molar-refractivity contribution in [3.8, 4) is 0 Å². The number of hydrogen-bond donors (Lipinski definition) is 1. The highest BCUT2D eigenvalue weighted by atomic mass is 15.1. The molecule has 0 spiro atoms. The smallest absolute Gasteiger partial charge is 0.0366 e. The molecule has 0 amide bonds. The first-order valence-corrected chi connectivity index (χ1v) is 8.52. The largest absolute Gasteiger partial charge is 0.371 e. The lowest BCUT2D eigenvalue weighted by atomic mass is 10.1. The summed E-state index contributed by atoms with van der Waals surface area (Å²) in [6.07, 6.45) is 1.18. The fourth-order valence-electron chi connectivity index (χ4n) is 2.62. The highest BCUT2D eigenvalue weighted by molar-refractivity contribution is 5.48. The monoisotopic (exact) mass is 290 g/mol. The van der Waals surface area contributed by atoms with Gasteiger partial charge in [0.1, 0.15) is 0 Å². The van der Waals surface area contributed by atoms with Gasteiger partial charge in [-0.1, -0.05) is 46.8 Å². The minimum absolute atomic E-state index is 0.433. The number of rotatable bonds is 9. The second kappa shape index (κ2) is 9.09. The van der Waals surface area contributed by atoms with Gasteiger partial charge in [-0.3, -0.25) is 0 Å². The molecule has 1 aromatic rings. The van der Waals surface area contributed by atoms with Gasteiger partial charge in [0.25, 0.3) is 0 Å². The summed E-state index contributed by atoms with van der Waals surface area (Å²) in [5.74, 6) is 1.38. The van der Waals surface area contributed by atoms with E-state index in [1.54, 1.807) is 0 Å². The number of nitrogens with zero attached hydrogens (tertiary/aromatic N) is 1. The normalized spacial score (nSPS) is 13.0. The lowest BCUT2D eigenvalue weighted by Gasteiger charge is -2.29. The Hall–Kier alpha value is -1.02. The molecular weight excluding hydrogens is 256 g/mol. The van der Waals surface area contributed by atoms with E-state index >= 15 is 0 Å². The molecule has 1 N–H and O–H groups in total. The van der Waals surface area contributed by atoms with Gasteiger partial charge in [-0.25, -0.2) is 0 Å². The molecule has 1 unspecified atom stereocenters. The third-order valence-electron chi connectivity index (χ3n) is 3.63. The summed E-state index contributed by atoms with van der Waals surface area (Å²) in [5, 5.41) is 3.55. The van der Waals surface area contributed by atoms with Crippen LogP contribution >= 0.6 is 0 Å². The van der Waals surface area contributed by atoms with E-state index in [9.17, 15) is 0 Å². The lowest BCUT2D eigenvalue weighted by molar-refractivity contribution is 0.552. The standard InChI is InChI=1S/C19H34N2/c1-7-12-20-17(6)18-8-10-19(11-9-18)21(13-15(2)3)14-16(4)5/h8-11,15-17,20H,7,12-14H2,1-6H3. The molecule has 1 rings (SSSR count). The third-order valence-corrected chi connectivity index (χ3v) is 3.63. The average molecular weight is 290 g/mol. The molecule has 2 heteroatoms. The molecule has 0 aliphatic carbocycles. The highest BCUT2D eigenvalue weighted by Gasteiger charge is 2.11. The molecule has 21 heavy (non-hydrogen) atoms. The SMILES string of the molecule is CCCNC(C)c1ccc(N(CC(C)C)CC(C)C)cc1. The van der Waals surface area contributed by atoms with E-state index in [0.29, 0.717) is 17.9 Å². The van der Waals surface area contributed by atoms with Crippen molar-refractivity contribution >= 4 is 5.69 Å². The van der Waals surface area contributed by atoms with E-state index in [-0.39, 0.29) is 0 Å². The molecule has 1 aromatic carbocycles. The van der Waals surface area contributed by atoms with Gasteiger partial charge in [0.15, 0.2) is 0 Å². The predicted molar refractivity (Wildman–Crippen MR) is 95.0 cm³/mol. The second-order valence-electron chi connectivity index (χ2n) is 6.96. The summed E-state index contributed by atoms with van der Waals surface area (Å²) in [7, 11) is 0. The van der Waals surface area contributed by atoms with Crippen LogP contribution in [0.1, 0.15) is 59.6 Å². The fourth-order valence-corrected chi connectivity index (χ4v) is 2.62. The van der Waals surface area contributed by atoms with Crippen molar-refractivity contribution in [1.29, 1.82) is 0 Å². The summed E-state index contributed by atoms with van der Waals surface area (Å²) >= 11 is 0. The second-order valence-corrected chi connectivity index (χ2v) is 6.96. The first-order valence-electron chi connectivity index (χ1n) is 8.52. The summed E-state index contributed by atoms with van der Waals surface area (Å²) in [5.41, 5.74) is 2.73. The van der Waals surface area contributed by atoms with Crippen molar-refractivity contribution in [3.63, 3.8) is 0 Å². The van der Waals surface area contributed by atoms with Gasteiger partial charge < -0.3 is 10.2 Å². The van der Waals surface area contributed by atoms with Crippen LogP contribution in [0.2, 0.25) is 0 Å². The zero-order chi connectivity index (χ0) is 15.8. The quantitative estimate of drug-likeness (QED) is 0.698. The Morgan fingerprint density at radius 2 is 1.43 bits per heavy atom. The topological polar surface area (TPSA) is 15.3 Å². The van der Waals surface area contributed by atoms with Crippen LogP contribution in [0, 0.1) is 11.8 Å². The highest BCUT2D eigenvalue weighted by Crippen LogP contribution is 2.21. The van der Waals surface area contributed by atoms with Crippen LogP contribution in [0.5, 0.6) is 0 Å². The minimum atomic E-state index is 0.433. The van der Waals surface area contributed by atoms with Crippen LogP contribution < -0.4 is 10.2 Å². The number of benzene rings is 1. The van der Waals surface area contributed by atoms with Crippen molar-refractivity contribution in [2.45, 2.75) is 54.0 Å². The average Bonchev–Trinajstić information content (AvgIpc) is 2.43. The molecular formula is C19H34N2. The van der Waals surface area contributed by atoms with Crippen molar-refractivity contribution < 1.29 is 0 Å². The molecule has 0 saturated carbocycles. The molecule has 0 aliphatic rings. The Morgan fingerprint density at radius 1 is 0.905 bits per heavy atom. The number of hydrogen-bond acceptors (Lipinski definition) is 2. The Labute approximate surface area is 131 Å². The van der Waals surface area contributed by atoms with Crippen LogP contribution in [0.25, 0.3) is 0 Å². The van der Waals surface area contributed by atoms with Gasteiger partial charge in [0, 0.05) is 24.8 Å². The van der Waals surface area contributed by atoms with Crippen molar-refractivity contribution in [2.24, 2.45) is 11.8 Å². The van der Waals surface area contributed by atoms with Crippen LogP contribution in [0.3, 0.4) is 0 Å². The maximum absolute atomic E-state index is 3.55.